The summed E-state index contributed by atoms with van der Waals surface area (Å²) in [6.45, 7) is 3.23. The topological polar surface area (TPSA) is 68.5 Å². The van der Waals surface area contributed by atoms with Crippen molar-refractivity contribution in [2.45, 2.75) is 32.1 Å². The first-order valence-corrected chi connectivity index (χ1v) is 9.93. The number of oxazole rings is 1. The number of hydrogen-bond donors (Lipinski definition) is 0. The molecule has 1 aliphatic rings. The Morgan fingerprint density at radius 1 is 1.24 bits per heavy atom. The minimum Gasteiger partial charge on any atom is -0.496 e. The Morgan fingerprint density at radius 3 is 2.93 bits per heavy atom. The van der Waals surface area contributed by atoms with Gasteiger partial charge in [0.05, 0.1) is 19.2 Å². The number of carbonyl (C=O) groups is 1. The normalized spacial score (nSPS) is 16.6. The standard InChI is InChI=1S/C23H25N3O3/c1-16-7-5-10-20(25-16)23(27)26-12-6-9-18(15-26)22-24-14-19(29-22)13-17-8-3-4-11-21(17)28-2/h3-5,7-8,10-11,14,18H,6,9,12-13,15H2,1-2H3/t18-/m1/s1. The van der Waals surface area contributed by atoms with Gasteiger partial charge in [0.2, 0.25) is 0 Å². The predicted molar refractivity (Wildman–Crippen MR) is 109 cm³/mol. The molecule has 0 unspecified atom stereocenters. The molecule has 3 aromatic rings. The number of likely N-dealkylation sites (tertiary alicyclic amines) is 1. The van der Waals surface area contributed by atoms with E-state index in [1.807, 2.05) is 48.2 Å². The fraction of sp³-hybridized carbons (Fsp3) is 0.348. The molecule has 0 radical (unpaired) electrons. The highest BCUT2D eigenvalue weighted by molar-refractivity contribution is 5.92. The van der Waals surface area contributed by atoms with E-state index in [0.29, 0.717) is 24.6 Å². The second-order valence-electron chi connectivity index (χ2n) is 7.41. The molecule has 0 aliphatic carbocycles. The first kappa shape index (κ1) is 19.2. The number of aromatic nitrogens is 2. The summed E-state index contributed by atoms with van der Waals surface area (Å²) in [5.41, 5.74) is 2.40. The molecule has 150 valence electrons. The molecule has 1 aliphatic heterocycles. The quantitative estimate of drug-likeness (QED) is 0.658. The number of ether oxygens (including phenoxy) is 1. The number of amides is 1. The highest BCUT2D eigenvalue weighted by atomic mass is 16.5. The number of aryl methyl sites for hydroxylation is 1. The van der Waals surface area contributed by atoms with Crippen LogP contribution in [0.1, 0.15) is 52.2 Å². The maximum Gasteiger partial charge on any atom is 0.272 e. The Balaban J connectivity index is 1.46. The molecule has 0 bridgehead atoms. The van der Waals surface area contributed by atoms with Crippen molar-refractivity contribution < 1.29 is 13.9 Å². The molecule has 0 spiro atoms. The summed E-state index contributed by atoms with van der Waals surface area (Å²) in [6.07, 6.45) is 4.29. The molecule has 2 aromatic heterocycles. The Hall–Kier alpha value is -3.15. The van der Waals surface area contributed by atoms with Gasteiger partial charge < -0.3 is 14.1 Å². The van der Waals surface area contributed by atoms with Crippen LogP contribution in [0.3, 0.4) is 0 Å². The van der Waals surface area contributed by atoms with Crippen molar-refractivity contribution in [3.05, 3.63) is 77.3 Å². The van der Waals surface area contributed by atoms with Crippen LogP contribution in [-0.2, 0) is 6.42 Å². The van der Waals surface area contributed by atoms with E-state index in [1.165, 1.54) is 0 Å². The van der Waals surface area contributed by atoms with Gasteiger partial charge in [-0.25, -0.2) is 9.97 Å². The van der Waals surface area contributed by atoms with Gasteiger partial charge >= 0.3 is 0 Å². The van der Waals surface area contributed by atoms with Crippen LogP contribution in [0.15, 0.2) is 53.1 Å². The van der Waals surface area contributed by atoms with E-state index in [4.69, 9.17) is 9.15 Å². The lowest BCUT2D eigenvalue weighted by molar-refractivity contribution is 0.0691. The van der Waals surface area contributed by atoms with Crippen LogP contribution in [0.5, 0.6) is 5.75 Å². The number of para-hydroxylation sites is 1. The van der Waals surface area contributed by atoms with Crippen LogP contribution >= 0.6 is 0 Å². The summed E-state index contributed by atoms with van der Waals surface area (Å²) < 4.78 is 11.5. The van der Waals surface area contributed by atoms with Crippen LogP contribution in [0.4, 0.5) is 0 Å². The minimum atomic E-state index is -0.0285. The molecule has 3 heterocycles. The molecule has 1 aromatic carbocycles. The summed E-state index contributed by atoms with van der Waals surface area (Å²) in [5.74, 6) is 2.41. The SMILES string of the molecule is COc1ccccc1Cc1cnc([C@@H]2CCCN(C(=O)c3cccc(C)n3)C2)o1. The Kier molecular flexibility index (Phi) is 5.60. The van der Waals surface area contributed by atoms with Gasteiger partial charge in [-0.3, -0.25) is 4.79 Å². The fourth-order valence-corrected chi connectivity index (χ4v) is 3.82. The third kappa shape index (κ3) is 4.31. The average Bonchev–Trinajstić information content (AvgIpc) is 3.22. The van der Waals surface area contributed by atoms with Crippen molar-refractivity contribution in [3.8, 4) is 5.75 Å². The van der Waals surface area contributed by atoms with Gasteiger partial charge in [-0.2, -0.15) is 0 Å². The van der Waals surface area contributed by atoms with E-state index in [0.717, 1.165) is 42.2 Å². The van der Waals surface area contributed by atoms with E-state index >= 15 is 0 Å². The number of pyridine rings is 1. The molecule has 1 atom stereocenters. The van der Waals surface area contributed by atoms with Gasteiger partial charge in [-0.05, 0) is 38.0 Å². The van der Waals surface area contributed by atoms with Gasteiger partial charge in [0.25, 0.3) is 5.91 Å². The molecule has 6 heteroatoms. The van der Waals surface area contributed by atoms with Crippen LogP contribution in [0.25, 0.3) is 0 Å². The summed E-state index contributed by atoms with van der Waals surface area (Å²) in [4.78, 5) is 23.6. The van der Waals surface area contributed by atoms with Crippen molar-refractivity contribution in [2.75, 3.05) is 20.2 Å². The van der Waals surface area contributed by atoms with Crippen molar-refractivity contribution in [1.82, 2.24) is 14.9 Å². The number of methoxy groups -OCH3 is 1. The van der Waals surface area contributed by atoms with Gasteiger partial charge in [-0.1, -0.05) is 24.3 Å². The Bertz CT molecular complexity index is 998. The maximum atomic E-state index is 12.8. The summed E-state index contributed by atoms with van der Waals surface area (Å²) >= 11 is 0. The van der Waals surface area contributed by atoms with Gasteiger partial charge in [-0.15, -0.1) is 0 Å². The zero-order valence-electron chi connectivity index (χ0n) is 16.8. The van der Waals surface area contributed by atoms with Crippen LogP contribution in [0.2, 0.25) is 0 Å². The van der Waals surface area contributed by atoms with Crippen molar-refractivity contribution in [1.29, 1.82) is 0 Å². The van der Waals surface area contributed by atoms with Crippen LogP contribution in [0, 0.1) is 6.92 Å². The lowest BCUT2D eigenvalue weighted by Gasteiger charge is -2.31. The highest BCUT2D eigenvalue weighted by Gasteiger charge is 2.29. The minimum absolute atomic E-state index is 0.0285. The van der Waals surface area contributed by atoms with Crippen LogP contribution < -0.4 is 4.74 Å². The molecule has 29 heavy (non-hydrogen) atoms. The second kappa shape index (κ2) is 8.47. The van der Waals surface area contributed by atoms with E-state index in [-0.39, 0.29) is 11.8 Å². The third-order valence-electron chi connectivity index (χ3n) is 5.29. The largest absolute Gasteiger partial charge is 0.496 e. The third-order valence-corrected chi connectivity index (χ3v) is 5.29. The fourth-order valence-electron chi connectivity index (χ4n) is 3.82. The van der Waals surface area contributed by atoms with Gasteiger partial charge in [0.15, 0.2) is 5.89 Å². The maximum absolute atomic E-state index is 12.8. The molecule has 6 nitrogen and oxygen atoms in total. The van der Waals surface area contributed by atoms with Crippen molar-refractivity contribution >= 4 is 5.91 Å². The lowest BCUT2D eigenvalue weighted by atomic mass is 9.97. The summed E-state index contributed by atoms with van der Waals surface area (Å²) in [5, 5.41) is 0. The molecule has 1 amide bonds. The second-order valence-corrected chi connectivity index (χ2v) is 7.41. The van der Waals surface area contributed by atoms with Crippen LogP contribution in [-0.4, -0.2) is 41.0 Å². The number of hydrogen-bond acceptors (Lipinski definition) is 5. The number of rotatable bonds is 5. The Labute approximate surface area is 170 Å². The smallest absolute Gasteiger partial charge is 0.272 e. The molecular weight excluding hydrogens is 366 g/mol. The first-order valence-electron chi connectivity index (χ1n) is 9.93. The number of benzene rings is 1. The summed E-state index contributed by atoms with van der Waals surface area (Å²) in [7, 11) is 1.67. The number of nitrogens with zero attached hydrogens (tertiary/aromatic N) is 3. The average molecular weight is 391 g/mol. The Morgan fingerprint density at radius 2 is 2.10 bits per heavy atom. The lowest BCUT2D eigenvalue weighted by Crippen LogP contribution is -2.39. The molecular formula is C23H25N3O3. The van der Waals surface area contributed by atoms with E-state index in [9.17, 15) is 4.79 Å². The predicted octanol–water partition coefficient (Wildman–Crippen LogP) is 4.00. The molecule has 4 rings (SSSR count). The van der Waals surface area contributed by atoms with Crippen molar-refractivity contribution in [2.24, 2.45) is 0 Å². The number of carbonyl (C=O) groups excluding carboxylic acids is 1. The molecule has 0 N–H and O–H groups in total. The monoisotopic (exact) mass is 391 g/mol. The highest BCUT2D eigenvalue weighted by Crippen LogP contribution is 2.29. The molecule has 1 saturated heterocycles. The van der Waals surface area contributed by atoms with Crippen molar-refractivity contribution in [3.63, 3.8) is 0 Å². The number of piperidine rings is 1. The zero-order chi connectivity index (χ0) is 20.2. The summed E-state index contributed by atoms with van der Waals surface area (Å²) in [6, 6.07) is 13.4. The zero-order valence-corrected chi connectivity index (χ0v) is 16.8. The van der Waals surface area contributed by atoms with Gasteiger partial charge in [0, 0.05) is 30.8 Å². The van der Waals surface area contributed by atoms with E-state index in [1.54, 1.807) is 19.4 Å². The van der Waals surface area contributed by atoms with E-state index < -0.39 is 0 Å². The first-order chi connectivity index (χ1) is 14.1. The molecule has 0 saturated carbocycles. The van der Waals surface area contributed by atoms with Gasteiger partial charge in [0.1, 0.15) is 17.2 Å². The molecule has 1 fully saturated rings. The van der Waals surface area contributed by atoms with E-state index in [2.05, 4.69) is 9.97 Å².